The third-order valence-electron chi connectivity index (χ3n) is 2.23. The van der Waals surface area contributed by atoms with Gasteiger partial charge in [0.2, 0.25) is 0 Å². The van der Waals surface area contributed by atoms with Gasteiger partial charge < -0.3 is 15.9 Å². The predicted molar refractivity (Wildman–Crippen MR) is 54.4 cm³/mol. The van der Waals surface area contributed by atoms with Crippen molar-refractivity contribution >= 4 is 17.5 Å². The highest BCUT2D eigenvalue weighted by atomic mass is 32.2. The first kappa shape index (κ1) is 12.9. The van der Waals surface area contributed by atoms with E-state index in [2.05, 4.69) is 4.89 Å². The summed E-state index contributed by atoms with van der Waals surface area (Å²) in [5.41, 5.74) is 5.53. The molecule has 4 unspecified atom stereocenters. The molecule has 1 saturated carbocycles. The van der Waals surface area contributed by atoms with Gasteiger partial charge in [-0.3, -0.25) is 10.1 Å². The Balaban J connectivity index is 2.31. The van der Waals surface area contributed by atoms with Crippen LogP contribution in [-0.4, -0.2) is 57.1 Å². The van der Waals surface area contributed by atoms with Crippen molar-refractivity contribution in [3.05, 3.63) is 0 Å². The van der Waals surface area contributed by atoms with Crippen molar-refractivity contribution in [2.75, 3.05) is 12.4 Å². The van der Waals surface area contributed by atoms with E-state index in [1.807, 2.05) is 0 Å². The maximum absolute atomic E-state index is 11.3. The van der Waals surface area contributed by atoms with Crippen LogP contribution in [0.5, 0.6) is 0 Å². The number of carbonyl (C=O) groups excluding carboxylic acids is 1. The van der Waals surface area contributed by atoms with E-state index in [9.17, 15) is 15.0 Å². The molecule has 0 aromatic heterocycles. The van der Waals surface area contributed by atoms with Crippen LogP contribution >= 0.6 is 11.8 Å². The molecule has 88 valence electrons. The van der Waals surface area contributed by atoms with E-state index in [0.29, 0.717) is 5.75 Å². The highest BCUT2D eigenvalue weighted by molar-refractivity contribution is 8.00. The molecule has 5 N–H and O–H groups in total. The van der Waals surface area contributed by atoms with Gasteiger partial charge in [0.1, 0.15) is 6.10 Å². The largest absolute Gasteiger partial charge is 0.390 e. The summed E-state index contributed by atoms with van der Waals surface area (Å²) >= 11 is 1.26. The van der Waals surface area contributed by atoms with Gasteiger partial charge in [0, 0.05) is 11.8 Å². The van der Waals surface area contributed by atoms with Crippen molar-refractivity contribution in [2.45, 2.75) is 29.9 Å². The van der Waals surface area contributed by atoms with Crippen molar-refractivity contribution in [1.82, 2.24) is 0 Å². The summed E-state index contributed by atoms with van der Waals surface area (Å²) < 4.78 is 0. The van der Waals surface area contributed by atoms with Gasteiger partial charge in [0.25, 0.3) is 0 Å². The van der Waals surface area contributed by atoms with Crippen LogP contribution in [0.15, 0.2) is 0 Å². The van der Waals surface area contributed by atoms with E-state index in [4.69, 9.17) is 11.0 Å². The molecule has 1 fully saturated rings. The number of aliphatic hydroxyl groups is 2. The maximum Gasteiger partial charge on any atom is 0.176 e. The number of nitrogens with two attached hydrogens (primary N) is 1. The molecule has 0 saturated heterocycles. The van der Waals surface area contributed by atoms with Crippen molar-refractivity contribution in [2.24, 2.45) is 5.73 Å². The fraction of sp³-hybridized carbons (Fsp3) is 0.875. The second kappa shape index (κ2) is 5.78. The van der Waals surface area contributed by atoms with Crippen LogP contribution in [0, 0.1) is 0 Å². The highest BCUT2D eigenvalue weighted by Crippen LogP contribution is 2.27. The van der Waals surface area contributed by atoms with Crippen LogP contribution in [0.1, 0.15) is 6.42 Å². The standard InChI is InChI=1S/C8H15NO5S/c9-4(2-14-13)3-15-6-1-5(10)7(11)8(6)12/h4-7,10-11,13H,1-3,9H2. The van der Waals surface area contributed by atoms with Crippen LogP contribution in [0.4, 0.5) is 0 Å². The van der Waals surface area contributed by atoms with E-state index in [-0.39, 0.29) is 24.9 Å². The summed E-state index contributed by atoms with van der Waals surface area (Å²) in [6.07, 6.45) is -2.00. The van der Waals surface area contributed by atoms with Crippen LogP contribution in [0.2, 0.25) is 0 Å². The first-order valence-electron chi connectivity index (χ1n) is 4.59. The molecule has 7 heteroatoms. The van der Waals surface area contributed by atoms with Gasteiger partial charge in [-0.1, -0.05) is 0 Å². The Kier molecular flexibility index (Phi) is 4.97. The van der Waals surface area contributed by atoms with Crippen LogP contribution in [0.3, 0.4) is 0 Å². The Hall–Kier alpha value is -0.180. The zero-order valence-corrected chi connectivity index (χ0v) is 8.89. The number of hydrogen-bond acceptors (Lipinski definition) is 7. The van der Waals surface area contributed by atoms with Crippen molar-refractivity contribution in [3.8, 4) is 0 Å². The topological polar surface area (TPSA) is 113 Å². The molecule has 6 nitrogen and oxygen atoms in total. The molecule has 0 aromatic rings. The molecule has 0 spiro atoms. The molecule has 4 atom stereocenters. The van der Waals surface area contributed by atoms with Crippen molar-refractivity contribution in [3.63, 3.8) is 0 Å². The highest BCUT2D eigenvalue weighted by Gasteiger charge is 2.40. The summed E-state index contributed by atoms with van der Waals surface area (Å²) in [5, 5.41) is 26.1. The predicted octanol–water partition coefficient (Wildman–Crippen LogP) is -1.40. The van der Waals surface area contributed by atoms with Gasteiger partial charge in [-0.2, -0.15) is 0 Å². The molecular formula is C8H15NO5S. The monoisotopic (exact) mass is 237 g/mol. The summed E-state index contributed by atoms with van der Waals surface area (Å²) in [6, 6.07) is -0.373. The Labute approximate surface area is 91.3 Å². The molecule has 0 radical (unpaired) electrons. The number of Topliss-reactive ketones (excluding diaryl/α,β-unsaturated/α-hetero) is 1. The minimum absolute atomic E-state index is 0.000975. The van der Waals surface area contributed by atoms with Gasteiger partial charge in [-0.15, -0.1) is 11.8 Å². The Morgan fingerprint density at radius 3 is 2.73 bits per heavy atom. The number of carbonyl (C=O) groups is 1. The molecule has 15 heavy (non-hydrogen) atoms. The van der Waals surface area contributed by atoms with E-state index in [0.717, 1.165) is 0 Å². The lowest BCUT2D eigenvalue weighted by Gasteiger charge is -2.11. The van der Waals surface area contributed by atoms with Gasteiger partial charge in [0.15, 0.2) is 5.78 Å². The quantitative estimate of drug-likeness (QED) is 0.343. The summed E-state index contributed by atoms with van der Waals surface area (Å²) in [5.74, 6) is 0.0702. The lowest BCUT2D eigenvalue weighted by Crippen LogP contribution is -2.30. The molecule has 0 amide bonds. The number of thioether (sulfide) groups is 1. The Bertz CT molecular complexity index is 227. The molecule has 0 bridgehead atoms. The lowest BCUT2D eigenvalue weighted by molar-refractivity contribution is -0.244. The third-order valence-corrected chi connectivity index (χ3v) is 3.68. The first-order valence-corrected chi connectivity index (χ1v) is 5.64. The first-order chi connectivity index (χ1) is 7.06. The van der Waals surface area contributed by atoms with Crippen LogP contribution in [0.25, 0.3) is 0 Å². The second-order valence-corrected chi connectivity index (χ2v) is 4.76. The molecule has 0 heterocycles. The zero-order valence-electron chi connectivity index (χ0n) is 8.07. The molecule has 0 aliphatic heterocycles. The SMILES string of the molecule is NC(COO)CSC1CC(O)C(O)C1=O. The van der Waals surface area contributed by atoms with Crippen LogP contribution < -0.4 is 5.73 Å². The maximum atomic E-state index is 11.3. The van der Waals surface area contributed by atoms with Gasteiger partial charge in [0.05, 0.1) is 18.0 Å². The average Bonchev–Trinajstić information content (AvgIpc) is 2.43. The molecule has 1 aliphatic carbocycles. The number of rotatable bonds is 5. The van der Waals surface area contributed by atoms with E-state index < -0.39 is 17.5 Å². The molecule has 0 aromatic carbocycles. The lowest BCUT2D eigenvalue weighted by atomic mass is 10.3. The fourth-order valence-corrected chi connectivity index (χ4v) is 2.59. The van der Waals surface area contributed by atoms with Crippen molar-refractivity contribution < 1.29 is 25.2 Å². The van der Waals surface area contributed by atoms with Gasteiger partial charge in [-0.05, 0) is 6.42 Å². The van der Waals surface area contributed by atoms with E-state index in [1.165, 1.54) is 11.8 Å². The minimum atomic E-state index is -1.27. The molecule has 1 rings (SSSR count). The number of hydrogen-bond donors (Lipinski definition) is 4. The van der Waals surface area contributed by atoms with E-state index in [1.54, 1.807) is 0 Å². The molecular weight excluding hydrogens is 222 g/mol. The average molecular weight is 237 g/mol. The van der Waals surface area contributed by atoms with Crippen LogP contribution in [-0.2, 0) is 9.68 Å². The summed E-state index contributed by atoms with van der Waals surface area (Å²) in [6.45, 7) is -0.000975. The minimum Gasteiger partial charge on any atom is -0.390 e. The van der Waals surface area contributed by atoms with Gasteiger partial charge in [-0.25, -0.2) is 4.89 Å². The Morgan fingerprint density at radius 2 is 2.27 bits per heavy atom. The summed E-state index contributed by atoms with van der Waals surface area (Å²) in [4.78, 5) is 15.2. The smallest absolute Gasteiger partial charge is 0.176 e. The fourth-order valence-electron chi connectivity index (χ4n) is 1.38. The third kappa shape index (κ3) is 3.40. The van der Waals surface area contributed by atoms with Crippen molar-refractivity contribution in [1.29, 1.82) is 0 Å². The summed E-state index contributed by atoms with van der Waals surface area (Å²) in [7, 11) is 0. The second-order valence-electron chi connectivity index (χ2n) is 3.53. The number of aliphatic hydroxyl groups excluding tert-OH is 2. The zero-order chi connectivity index (χ0) is 11.4. The van der Waals surface area contributed by atoms with E-state index >= 15 is 0 Å². The van der Waals surface area contributed by atoms with Gasteiger partial charge >= 0.3 is 0 Å². The Morgan fingerprint density at radius 1 is 1.60 bits per heavy atom. The molecule has 1 aliphatic rings. The normalized spacial score (nSPS) is 33.3. The number of ketones is 1.